The van der Waals surface area contributed by atoms with E-state index in [1.807, 2.05) is 50.2 Å². The van der Waals surface area contributed by atoms with Crippen molar-refractivity contribution in [2.24, 2.45) is 4.99 Å². The Morgan fingerprint density at radius 2 is 1.93 bits per heavy atom. The molecule has 0 N–H and O–H groups in total. The Bertz CT molecular complexity index is 1030. The Morgan fingerprint density at radius 1 is 1.23 bits per heavy atom. The number of thioether (sulfide) groups is 1. The van der Waals surface area contributed by atoms with E-state index in [2.05, 4.69) is 20.9 Å². The summed E-state index contributed by atoms with van der Waals surface area (Å²) in [6.45, 7) is 2.44. The number of carbonyl (C=O) groups excluding carboxylic acids is 2. The number of amides is 1. The Kier molecular flexibility index (Phi) is 6.99. The van der Waals surface area contributed by atoms with Gasteiger partial charge in [-0.3, -0.25) is 9.69 Å². The number of aliphatic imine (C=N–C) groups is 1. The van der Waals surface area contributed by atoms with Gasteiger partial charge in [-0.15, -0.1) is 0 Å². The third kappa shape index (κ3) is 4.76. The van der Waals surface area contributed by atoms with Gasteiger partial charge in [-0.2, -0.15) is 0 Å². The van der Waals surface area contributed by atoms with Crippen molar-refractivity contribution in [3.05, 3.63) is 63.0 Å². The fourth-order valence-corrected chi connectivity index (χ4v) is 4.71. The van der Waals surface area contributed by atoms with Crippen LogP contribution >= 0.6 is 27.7 Å². The number of esters is 1. The van der Waals surface area contributed by atoms with E-state index in [9.17, 15) is 9.59 Å². The van der Waals surface area contributed by atoms with Crippen LogP contribution in [0.4, 0.5) is 11.4 Å². The van der Waals surface area contributed by atoms with Crippen molar-refractivity contribution >= 4 is 62.2 Å². The molecule has 1 aliphatic heterocycles. The van der Waals surface area contributed by atoms with Gasteiger partial charge in [0.2, 0.25) is 0 Å². The second kappa shape index (κ2) is 9.49. The van der Waals surface area contributed by atoms with Crippen molar-refractivity contribution in [1.82, 2.24) is 4.90 Å². The molecule has 0 bridgehead atoms. The molecular formula is C22H22BrN3O3S. The molecule has 1 saturated heterocycles. The molecule has 0 unspecified atom stereocenters. The number of likely N-dealkylation sites (N-methyl/N-ethyl adjacent to an activating group) is 1. The molecule has 156 valence electrons. The predicted octanol–water partition coefficient (Wildman–Crippen LogP) is 4.93. The van der Waals surface area contributed by atoms with Crippen LogP contribution < -0.4 is 4.90 Å². The van der Waals surface area contributed by atoms with Crippen molar-refractivity contribution < 1.29 is 14.3 Å². The van der Waals surface area contributed by atoms with Gasteiger partial charge in [0.1, 0.15) is 0 Å². The minimum absolute atomic E-state index is 0.0692. The number of benzene rings is 2. The number of carbonyl (C=O) groups is 2. The molecule has 2 aromatic rings. The van der Waals surface area contributed by atoms with Gasteiger partial charge in [-0.05, 0) is 82.7 Å². The third-order valence-electron chi connectivity index (χ3n) is 4.47. The molecule has 1 fully saturated rings. The minimum atomic E-state index is -0.397. The molecule has 0 spiro atoms. The number of methoxy groups -OCH3 is 1. The van der Waals surface area contributed by atoms with Crippen LogP contribution in [-0.2, 0) is 9.53 Å². The molecule has 2 aromatic carbocycles. The molecule has 0 radical (unpaired) electrons. The number of amidine groups is 1. The van der Waals surface area contributed by atoms with Crippen LogP contribution in [0.15, 0.2) is 56.8 Å². The average molecular weight is 488 g/mol. The van der Waals surface area contributed by atoms with Crippen LogP contribution in [0.1, 0.15) is 22.8 Å². The summed E-state index contributed by atoms with van der Waals surface area (Å²) >= 11 is 4.93. The molecule has 0 aromatic heterocycles. The van der Waals surface area contributed by atoms with Gasteiger partial charge >= 0.3 is 5.97 Å². The number of nitrogens with zero attached hydrogens (tertiary/aromatic N) is 3. The number of halogens is 1. The summed E-state index contributed by atoms with van der Waals surface area (Å²) in [5.74, 6) is -0.466. The zero-order valence-corrected chi connectivity index (χ0v) is 19.6. The van der Waals surface area contributed by atoms with Crippen molar-refractivity contribution in [2.75, 3.05) is 32.6 Å². The Labute approximate surface area is 188 Å². The maximum Gasteiger partial charge on any atom is 0.337 e. The van der Waals surface area contributed by atoms with Crippen molar-refractivity contribution in [1.29, 1.82) is 0 Å². The lowest BCUT2D eigenvalue weighted by atomic mass is 10.2. The first-order valence-electron chi connectivity index (χ1n) is 9.29. The molecule has 1 heterocycles. The molecule has 0 saturated carbocycles. The number of ether oxygens (including phenoxy) is 1. The zero-order valence-electron chi connectivity index (χ0n) is 17.2. The lowest BCUT2D eigenvalue weighted by Gasteiger charge is -2.14. The smallest absolute Gasteiger partial charge is 0.337 e. The summed E-state index contributed by atoms with van der Waals surface area (Å²) in [5, 5.41) is 0.614. The van der Waals surface area contributed by atoms with Gasteiger partial charge in [-0.25, -0.2) is 9.79 Å². The summed E-state index contributed by atoms with van der Waals surface area (Å²) < 4.78 is 5.67. The highest BCUT2D eigenvalue weighted by Crippen LogP contribution is 2.35. The zero-order chi connectivity index (χ0) is 21.8. The van der Waals surface area contributed by atoms with Gasteiger partial charge in [0.25, 0.3) is 5.91 Å². The van der Waals surface area contributed by atoms with Gasteiger partial charge in [0.15, 0.2) is 5.17 Å². The van der Waals surface area contributed by atoms with Crippen molar-refractivity contribution in [3.63, 3.8) is 0 Å². The molecule has 1 aliphatic rings. The van der Waals surface area contributed by atoms with Gasteiger partial charge in [-0.1, -0.05) is 6.07 Å². The first-order chi connectivity index (χ1) is 14.3. The molecule has 0 aliphatic carbocycles. The van der Waals surface area contributed by atoms with Crippen LogP contribution in [0.25, 0.3) is 6.08 Å². The summed E-state index contributed by atoms with van der Waals surface area (Å²) in [5.41, 5.74) is 3.12. The number of anilines is 1. The molecule has 3 rings (SSSR count). The maximum absolute atomic E-state index is 12.9. The molecule has 0 atom stereocenters. The second-order valence-electron chi connectivity index (χ2n) is 6.70. The lowest BCUT2D eigenvalue weighted by molar-refractivity contribution is -0.122. The van der Waals surface area contributed by atoms with E-state index in [0.717, 1.165) is 15.7 Å². The molecule has 1 amide bonds. The van der Waals surface area contributed by atoms with Crippen LogP contribution in [0.2, 0.25) is 0 Å². The van der Waals surface area contributed by atoms with Gasteiger partial charge < -0.3 is 9.64 Å². The minimum Gasteiger partial charge on any atom is -0.465 e. The summed E-state index contributed by atoms with van der Waals surface area (Å²) in [6.07, 6.45) is 1.88. The van der Waals surface area contributed by atoms with Crippen molar-refractivity contribution in [3.8, 4) is 0 Å². The van der Waals surface area contributed by atoms with Crippen LogP contribution in [-0.4, -0.2) is 49.7 Å². The van der Waals surface area contributed by atoms with Crippen LogP contribution in [0, 0.1) is 0 Å². The SMILES string of the molecule is CCN1C(=O)/C(=C\c2ccc(N(C)C)c(Br)c2)SC1=Nc1ccc(C(=O)OC)cc1. The van der Waals surface area contributed by atoms with Crippen molar-refractivity contribution in [2.45, 2.75) is 6.92 Å². The number of hydrogen-bond acceptors (Lipinski definition) is 6. The van der Waals surface area contributed by atoms with Gasteiger partial charge in [0, 0.05) is 25.1 Å². The Hall–Kier alpha value is -2.58. The molecule has 8 heteroatoms. The first kappa shape index (κ1) is 22.1. The normalized spacial score (nSPS) is 16.4. The van der Waals surface area contributed by atoms with Gasteiger partial charge in [0.05, 0.1) is 29.0 Å². The van der Waals surface area contributed by atoms with E-state index in [1.54, 1.807) is 29.2 Å². The molecule has 30 heavy (non-hydrogen) atoms. The molecule has 6 nitrogen and oxygen atoms in total. The monoisotopic (exact) mass is 487 g/mol. The quantitative estimate of drug-likeness (QED) is 0.442. The maximum atomic E-state index is 12.9. The number of rotatable bonds is 5. The highest BCUT2D eigenvalue weighted by Gasteiger charge is 2.32. The van der Waals surface area contributed by atoms with E-state index >= 15 is 0 Å². The Morgan fingerprint density at radius 3 is 2.50 bits per heavy atom. The number of hydrogen-bond donors (Lipinski definition) is 0. The molecular weight excluding hydrogens is 466 g/mol. The predicted molar refractivity (Wildman–Crippen MR) is 126 cm³/mol. The lowest BCUT2D eigenvalue weighted by Crippen LogP contribution is -2.28. The highest BCUT2D eigenvalue weighted by atomic mass is 79.9. The first-order valence-corrected chi connectivity index (χ1v) is 10.9. The topological polar surface area (TPSA) is 62.2 Å². The summed E-state index contributed by atoms with van der Waals surface area (Å²) in [7, 11) is 5.30. The van der Waals surface area contributed by atoms with E-state index in [4.69, 9.17) is 4.74 Å². The second-order valence-corrected chi connectivity index (χ2v) is 8.56. The standard InChI is InChI=1S/C22H22BrN3O3S/c1-5-26-20(27)19(13-14-6-11-18(25(2)3)17(23)12-14)30-22(26)24-16-9-7-15(8-10-16)21(28)29-4/h6-13H,5H2,1-4H3/b19-13+,24-22?. The largest absolute Gasteiger partial charge is 0.465 e. The third-order valence-corrected chi connectivity index (χ3v) is 6.11. The summed E-state index contributed by atoms with van der Waals surface area (Å²) in [4.78, 5) is 33.3. The fourth-order valence-electron chi connectivity index (χ4n) is 2.90. The van der Waals surface area contributed by atoms with E-state index in [-0.39, 0.29) is 5.91 Å². The average Bonchev–Trinajstić information content (AvgIpc) is 3.01. The van der Waals surface area contributed by atoms with E-state index in [1.165, 1.54) is 18.9 Å². The van der Waals surface area contributed by atoms with E-state index < -0.39 is 5.97 Å². The fraction of sp³-hybridized carbons (Fsp3) is 0.227. The summed E-state index contributed by atoms with van der Waals surface area (Å²) in [6, 6.07) is 12.8. The Balaban J connectivity index is 1.87. The highest BCUT2D eigenvalue weighted by molar-refractivity contribution is 9.10. The van der Waals surface area contributed by atoms with Crippen LogP contribution in [0.3, 0.4) is 0 Å². The van der Waals surface area contributed by atoms with E-state index in [0.29, 0.717) is 27.9 Å². The van der Waals surface area contributed by atoms with Crippen LogP contribution in [0.5, 0.6) is 0 Å².